The largest absolute Gasteiger partial charge is 0.480 e. The van der Waals surface area contributed by atoms with Gasteiger partial charge in [-0.25, -0.2) is 4.57 Å². The average Bonchev–Trinajstić information content (AvgIpc) is 3.17. The van der Waals surface area contributed by atoms with Gasteiger partial charge >= 0.3 is 25.7 Å². The van der Waals surface area contributed by atoms with Gasteiger partial charge in [-0.2, -0.15) is 0 Å². The van der Waals surface area contributed by atoms with Crippen molar-refractivity contribution < 1.29 is 47.5 Å². The first-order chi connectivity index (χ1) is 27.1. The average molecular weight is 816 g/mol. The van der Waals surface area contributed by atoms with Crippen molar-refractivity contribution in [2.75, 3.05) is 19.8 Å². The summed E-state index contributed by atoms with van der Waals surface area (Å²) in [5, 5.41) is 8.89. The molecule has 0 amide bonds. The molecule has 0 aromatic heterocycles. The quantitative estimate of drug-likeness (QED) is 0.0232. The maximum absolute atomic E-state index is 12.6. The highest BCUT2D eigenvalue weighted by atomic mass is 31.2. The molecule has 0 spiro atoms. The highest BCUT2D eigenvalue weighted by Crippen LogP contribution is 2.43. The minimum absolute atomic E-state index is 0.100. The third kappa shape index (κ3) is 38.8. The fraction of sp³-hybridized carbons (Fsp3) is 0.841. The number of phosphoric ester groups is 1. The van der Waals surface area contributed by atoms with Gasteiger partial charge in [-0.15, -0.1) is 0 Å². The van der Waals surface area contributed by atoms with Crippen LogP contribution in [-0.2, 0) is 37.5 Å². The summed E-state index contributed by atoms with van der Waals surface area (Å²) in [4.78, 5) is 45.9. The molecule has 11 nitrogen and oxygen atoms in total. The fourth-order valence-electron chi connectivity index (χ4n) is 6.16. The van der Waals surface area contributed by atoms with E-state index in [4.69, 9.17) is 24.8 Å². The zero-order valence-electron chi connectivity index (χ0n) is 35.5. The Bertz CT molecular complexity index is 1050. The van der Waals surface area contributed by atoms with Crippen LogP contribution in [0.3, 0.4) is 0 Å². The van der Waals surface area contributed by atoms with Gasteiger partial charge in [0, 0.05) is 12.8 Å². The summed E-state index contributed by atoms with van der Waals surface area (Å²) >= 11 is 0. The summed E-state index contributed by atoms with van der Waals surface area (Å²) in [7, 11) is -4.72. The van der Waals surface area contributed by atoms with E-state index in [9.17, 15) is 23.8 Å². The molecular formula is C44H82NO10P. The molecule has 0 heterocycles. The Morgan fingerprint density at radius 2 is 0.964 bits per heavy atom. The molecule has 0 aromatic rings. The molecule has 0 saturated heterocycles. The van der Waals surface area contributed by atoms with Crippen molar-refractivity contribution in [3.8, 4) is 0 Å². The van der Waals surface area contributed by atoms with Crippen molar-refractivity contribution >= 4 is 25.7 Å². The topological polar surface area (TPSA) is 172 Å². The Labute approximate surface area is 340 Å². The molecule has 0 bridgehead atoms. The van der Waals surface area contributed by atoms with E-state index in [1.54, 1.807) is 0 Å². The molecule has 0 aliphatic rings. The van der Waals surface area contributed by atoms with E-state index in [0.717, 1.165) is 32.1 Å². The molecule has 0 rings (SSSR count). The first-order valence-corrected chi connectivity index (χ1v) is 23.9. The third-order valence-corrected chi connectivity index (χ3v) is 10.7. The van der Waals surface area contributed by atoms with Gasteiger partial charge in [0.1, 0.15) is 12.6 Å². The number of rotatable bonds is 42. The van der Waals surface area contributed by atoms with Crippen LogP contribution in [0.1, 0.15) is 206 Å². The molecule has 328 valence electrons. The van der Waals surface area contributed by atoms with E-state index in [0.29, 0.717) is 19.3 Å². The maximum Gasteiger partial charge on any atom is 0.472 e. The summed E-state index contributed by atoms with van der Waals surface area (Å²) in [5.41, 5.74) is 5.33. The van der Waals surface area contributed by atoms with Crippen LogP contribution >= 0.6 is 7.82 Å². The van der Waals surface area contributed by atoms with Gasteiger partial charge in [-0.05, 0) is 38.5 Å². The standard InChI is InChI=1S/C44H82NO10P/c1-3-5-7-9-11-13-15-17-19-20-22-24-26-28-30-32-34-36-43(47)55-40(38-53-56(50,51)54-39-41(45)44(48)49)37-52-42(46)35-33-31-29-27-25-23-21-18-16-14-12-10-8-6-4-2/h22,24,28,30,40-41H,3-21,23,25-27,29,31-39,45H2,1-2H3,(H,48,49)(H,50,51)/b24-22+,30-28+/t40-,41+/m1/s1. The van der Waals surface area contributed by atoms with Gasteiger partial charge in [-0.1, -0.05) is 179 Å². The summed E-state index contributed by atoms with van der Waals surface area (Å²) in [6.07, 6.45) is 41.1. The smallest absolute Gasteiger partial charge is 0.472 e. The predicted molar refractivity (Wildman–Crippen MR) is 226 cm³/mol. The maximum atomic E-state index is 12.6. The fourth-order valence-corrected chi connectivity index (χ4v) is 6.94. The first-order valence-electron chi connectivity index (χ1n) is 22.4. The van der Waals surface area contributed by atoms with Gasteiger partial charge in [0.15, 0.2) is 6.10 Å². The SMILES string of the molecule is CCCCCCCCCCC/C=C/C/C=C/CCCC(=O)O[C@H](COC(=O)CCCCCCCCCCCCCCCCC)COP(=O)(O)OC[C@H](N)C(=O)O. The van der Waals surface area contributed by atoms with Crippen molar-refractivity contribution in [2.24, 2.45) is 5.73 Å². The molecule has 1 unspecified atom stereocenters. The Balaban J connectivity index is 4.39. The molecule has 0 aliphatic carbocycles. The van der Waals surface area contributed by atoms with Gasteiger partial charge in [-0.3, -0.25) is 23.4 Å². The Morgan fingerprint density at radius 1 is 0.554 bits per heavy atom. The molecule has 3 atom stereocenters. The second-order valence-electron chi connectivity index (χ2n) is 15.2. The number of allylic oxidation sites excluding steroid dienone is 4. The number of unbranched alkanes of at least 4 members (excludes halogenated alkanes) is 24. The van der Waals surface area contributed by atoms with E-state index in [1.165, 1.54) is 128 Å². The Hall–Kier alpha value is -2.04. The van der Waals surface area contributed by atoms with Gasteiger partial charge < -0.3 is 25.2 Å². The lowest BCUT2D eigenvalue weighted by Gasteiger charge is -2.20. The summed E-state index contributed by atoms with van der Waals surface area (Å²) < 4.78 is 32.7. The molecular weight excluding hydrogens is 733 g/mol. The van der Waals surface area contributed by atoms with Crippen molar-refractivity contribution in [3.63, 3.8) is 0 Å². The zero-order chi connectivity index (χ0) is 41.4. The van der Waals surface area contributed by atoms with E-state index in [2.05, 4.69) is 36.6 Å². The number of carboxylic acids is 1. The van der Waals surface area contributed by atoms with Crippen LogP contribution in [0.25, 0.3) is 0 Å². The van der Waals surface area contributed by atoms with Gasteiger partial charge in [0.2, 0.25) is 0 Å². The number of carbonyl (C=O) groups excluding carboxylic acids is 2. The number of hydrogen-bond donors (Lipinski definition) is 3. The number of esters is 2. The lowest BCUT2D eigenvalue weighted by molar-refractivity contribution is -0.161. The normalized spacial score (nSPS) is 13.9. The minimum Gasteiger partial charge on any atom is -0.480 e. The molecule has 0 saturated carbocycles. The van der Waals surface area contributed by atoms with E-state index < -0.39 is 51.1 Å². The van der Waals surface area contributed by atoms with Crippen LogP contribution < -0.4 is 5.73 Å². The third-order valence-electron chi connectivity index (χ3n) is 9.70. The number of ether oxygens (including phenoxy) is 2. The monoisotopic (exact) mass is 816 g/mol. The van der Waals surface area contributed by atoms with Crippen molar-refractivity contribution in [2.45, 2.75) is 219 Å². The van der Waals surface area contributed by atoms with E-state index in [-0.39, 0.29) is 19.4 Å². The zero-order valence-corrected chi connectivity index (χ0v) is 36.4. The van der Waals surface area contributed by atoms with Crippen LogP contribution in [0.4, 0.5) is 0 Å². The predicted octanol–water partition coefficient (Wildman–Crippen LogP) is 11.8. The minimum atomic E-state index is -4.72. The summed E-state index contributed by atoms with van der Waals surface area (Å²) in [6, 6.07) is -1.53. The highest BCUT2D eigenvalue weighted by Gasteiger charge is 2.28. The lowest BCUT2D eigenvalue weighted by Crippen LogP contribution is -2.34. The first kappa shape index (κ1) is 54.0. The second kappa shape index (κ2) is 39.8. The number of phosphoric acid groups is 1. The molecule has 0 radical (unpaired) electrons. The van der Waals surface area contributed by atoms with Crippen molar-refractivity contribution in [3.05, 3.63) is 24.3 Å². The summed E-state index contributed by atoms with van der Waals surface area (Å²) in [6.45, 7) is 2.78. The summed E-state index contributed by atoms with van der Waals surface area (Å²) in [5.74, 6) is -2.43. The molecule has 0 aliphatic heterocycles. The van der Waals surface area contributed by atoms with Gasteiger partial charge in [0.25, 0.3) is 0 Å². The van der Waals surface area contributed by atoms with Crippen LogP contribution in [0.15, 0.2) is 24.3 Å². The molecule has 12 heteroatoms. The second-order valence-corrected chi connectivity index (χ2v) is 16.6. The Kier molecular flexibility index (Phi) is 38.3. The number of hydrogen-bond acceptors (Lipinski definition) is 9. The number of carboxylic acid groups (broad SMARTS) is 1. The van der Waals surface area contributed by atoms with Gasteiger partial charge in [0.05, 0.1) is 13.2 Å². The molecule has 0 fully saturated rings. The van der Waals surface area contributed by atoms with Crippen molar-refractivity contribution in [1.29, 1.82) is 0 Å². The Morgan fingerprint density at radius 3 is 1.45 bits per heavy atom. The van der Waals surface area contributed by atoms with Crippen LogP contribution in [0.2, 0.25) is 0 Å². The van der Waals surface area contributed by atoms with Crippen LogP contribution in [0, 0.1) is 0 Å². The molecule has 4 N–H and O–H groups in total. The lowest BCUT2D eigenvalue weighted by atomic mass is 10.0. The number of nitrogens with two attached hydrogens (primary N) is 1. The van der Waals surface area contributed by atoms with Crippen molar-refractivity contribution in [1.82, 2.24) is 0 Å². The number of carbonyl (C=O) groups is 3. The molecule has 0 aromatic carbocycles. The number of aliphatic carboxylic acids is 1. The highest BCUT2D eigenvalue weighted by molar-refractivity contribution is 7.47. The molecule has 56 heavy (non-hydrogen) atoms. The van der Waals surface area contributed by atoms with E-state index >= 15 is 0 Å². The van der Waals surface area contributed by atoms with E-state index in [1.807, 2.05) is 6.08 Å². The van der Waals surface area contributed by atoms with Crippen LogP contribution in [0.5, 0.6) is 0 Å². The van der Waals surface area contributed by atoms with Crippen LogP contribution in [-0.4, -0.2) is 59.9 Å².